The molecule has 0 saturated carbocycles. The molecule has 0 atom stereocenters. The van der Waals surface area contributed by atoms with E-state index in [1.807, 2.05) is 16.8 Å². The number of aromatic nitrogens is 1. The van der Waals surface area contributed by atoms with Crippen molar-refractivity contribution < 1.29 is 9.90 Å². The molecule has 1 N–H and O–H groups in total. The number of aliphatic hydroxyl groups excluding tert-OH is 1. The Balaban J connectivity index is 1.78. The number of likely N-dealkylation sites (tertiary alicyclic amines) is 1. The largest absolute Gasteiger partial charge is 0.393 e. The first-order chi connectivity index (χ1) is 9.58. The van der Waals surface area contributed by atoms with Crippen molar-refractivity contribution in [2.24, 2.45) is 0 Å². The number of likely N-dealkylation sites (N-methyl/N-ethyl adjacent to an activating group) is 1. The van der Waals surface area contributed by atoms with Crippen LogP contribution < -0.4 is 0 Å². The van der Waals surface area contributed by atoms with E-state index >= 15 is 0 Å². The number of hydrogen-bond acceptors (Lipinski definition) is 5. The highest BCUT2D eigenvalue weighted by atomic mass is 32.1. The van der Waals surface area contributed by atoms with Gasteiger partial charge in [0.1, 0.15) is 0 Å². The number of thiazole rings is 1. The molecule has 112 valence electrons. The molecule has 2 heterocycles. The molecule has 0 aromatic carbocycles. The van der Waals surface area contributed by atoms with Gasteiger partial charge in [0.2, 0.25) is 5.91 Å². The predicted octanol–water partition coefficient (Wildman–Crippen LogP) is 1.12. The highest BCUT2D eigenvalue weighted by Gasteiger charge is 2.22. The zero-order valence-electron chi connectivity index (χ0n) is 12.2. The monoisotopic (exact) mass is 297 g/mol. The van der Waals surface area contributed by atoms with Crippen LogP contribution in [0.15, 0.2) is 5.38 Å². The summed E-state index contributed by atoms with van der Waals surface area (Å²) in [6.07, 6.45) is 2.12. The molecule has 1 aliphatic rings. The minimum Gasteiger partial charge on any atom is -0.393 e. The molecule has 1 aromatic rings. The van der Waals surface area contributed by atoms with Gasteiger partial charge < -0.3 is 10.0 Å². The van der Waals surface area contributed by atoms with E-state index < -0.39 is 0 Å². The molecule has 0 bridgehead atoms. The van der Waals surface area contributed by atoms with Gasteiger partial charge in [-0.15, -0.1) is 11.3 Å². The Morgan fingerprint density at radius 2 is 2.25 bits per heavy atom. The van der Waals surface area contributed by atoms with Gasteiger partial charge in [-0.1, -0.05) is 6.92 Å². The lowest BCUT2D eigenvalue weighted by Crippen LogP contribution is -2.44. The van der Waals surface area contributed by atoms with Crippen LogP contribution in [0.5, 0.6) is 0 Å². The summed E-state index contributed by atoms with van der Waals surface area (Å²) in [5.41, 5.74) is 1.04. The van der Waals surface area contributed by atoms with Crippen molar-refractivity contribution in [2.75, 3.05) is 26.7 Å². The fourth-order valence-corrected chi connectivity index (χ4v) is 3.10. The van der Waals surface area contributed by atoms with E-state index in [2.05, 4.69) is 17.3 Å². The van der Waals surface area contributed by atoms with Crippen LogP contribution in [0.4, 0.5) is 0 Å². The average molecular weight is 297 g/mol. The fraction of sp³-hybridized carbons (Fsp3) is 0.714. The van der Waals surface area contributed by atoms with E-state index in [9.17, 15) is 9.90 Å². The van der Waals surface area contributed by atoms with Gasteiger partial charge in [-0.05, 0) is 26.3 Å². The third-order valence-electron chi connectivity index (χ3n) is 3.56. The van der Waals surface area contributed by atoms with Crippen LogP contribution in [0.3, 0.4) is 0 Å². The fourth-order valence-electron chi connectivity index (χ4n) is 2.36. The number of carbonyl (C=O) groups is 1. The molecule has 1 saturated heterocycles. The molecule has 20 heavy (non-hydrogen) atoms. The Hall–Kier alpha value is -0.980. The maximum absolute atomic E-state index is 12.2. The zero-order chi connectivity index (χ0) is 14.5. The normalized spacial score (nSPS) is 16.9. The first kappa shape index (κ1) is 15.4. The first-order valence-electron chi connectivity index (χ1n) is 7.16. The molecule has 5 nitrogen and oxygen atoms in total. The summed E-state index contributed by atoms with van der Waals surface area (Å²) in [6.45, 7) is 4.56. The van der Waals surface area contributed by atoms with Gasteiger partial charge in [0.05, 0.1) is 23.4 Å². The van der Waals surface area contributed by atoms with Gasteiger partial charge in [0, 0.05) is 25.0 Å². The third-order valence-corrected chi connectivity index (χ3v) is 4.60. The summed E-state index contributed by atoms with van der Waals surface area (Å²) in [6, 6.07) is 0. The number of rotatable bonds is 5. The van der Waals surface area contributed by atoms with Crippen molar-refractivity contribution in [1.82, 2.24) is 14.8 Å². The summed E-state index contributed by atoms with van der Waals surface area (Å²) < 4.78 is 0. The quantitative estimate of drug-likeness (QED) is 0.885. The lowest BCUT2D eigenvalue weighted by molar-refractivity contribution is -0.134. The molecule has 1 aliphatic heterocycles. The van der Waals surface area contributed by atoms with E-state index in [4.69, 9.17) is 0 Å². The van der Waals surface area contributed by atoms with E-state index in [-0.39, 0.29) is 12.0 Å². The molecule has 6 heteroatoms. The minimum atomic E-state index is -0.237. The number of aliphatic hydroxyl groups is 1. The average Bonchev–Trinajstić information content (AvgIpc) is 2.86. The number of amides is 1. The Morgan fingerprint density at radius 1 is 1.55 bits per heavy atom. The van der Waals surface area contributed by atoms with Crippen molar-refractivity contribution in [1.29, 1.82) is 0 Å². The number of aryl methyl sites for hydroxylation is 1. The van der Waals surface area contributed by atoms with Crippen molar-refractivity contribution >= 4 is 17.2 Å². The summed E-state index contributed by atoms with van der Waals surface area (Å²) >= 11 is 1.68. The molecule has 2 rings (SSSR count). The van der Waals surface area contributed by atoms with Crippen LogP contribution in [0.2, 0.25) is 0 Å². The topological polar surface area (TPSA) is 56.7 Å². The summed E-state index contributed by atoms with van der Waals surface area (Å²) in [5.74, 6) is 0.144. The molecular weight excluding hydrogens is 274 g/mol. The molecule has 0 spiro atoms. The van der Waals surface area contributed by atoms with E-state index in [1.165, 1.54) is 0 Å². The first-order valence-corrected chi connectivity index (χ1v) is 8.04. The number of nitrogens with zero attached hydrogens (tertiary/aromatic N) is 3. The maximum Gasteiger partial charge on any atom is 0.236 e. The van der Waals surface area contributed by atoms with Crippen LogP contribution in [0.25, 0.3) is 0 Å². The number of hydrogen-bond donors (Lipinski definition) is 1. The molecule has 1 amide bonds. The lowest BCUT2D eigenvalue weighted by Gasteiger charge is -2.30. The Kier molecular flexibility index (Phi) is 5.51. The number of piperidine rings is 1. The minimum absolute atomic E-state index is 0.144. The van der Waals surface area contributed by atoms with Gasteiger partial charge in [-0.25, -0.2) is 4.98 Å². The van der Waals surface area contributed by atoms with Crippen molar-refractivity contribution in [2.45, 2.75) is 38.8 Å². The van der Waals surface area contributed by atoms with E-state index in [1.54, 1.807) is 11.3 Å². The van der Waals surface area contributed by atoms with Gasteiger partial charge in [-0.2, -0.15) is 0 Å². The maximum atomic E-state index is 12.2. The smallest absolute Gasteiger partial charge is 0.236 e. The van der Waals surface area contributed by atoms with Gasteiger partial charge >= 0.3 is 0 Å². The van der Waals surface area contributed by atoms with Gasteiger partial charge in [0.25, 0.3) is 0 Å². The van der Waals surface area contributed by atoms with E-state index in [0.717, 1.165) is 17.1 Å². The zero-order valence-corrected chi connectivity index (χ0v) is 13.0. The molecular formula is C14H23N3O2S. The highest BCUT2D eigenvalue weighted by molar-refractivity contribution is 7.09. The molecule has 0 aliphatic carbocycles. The van der Waals surface area contributed by atoms with Crippen LogP contribution in [0, 0.1) is 0 Å². The summed E-state index contributed by atoms with van der Waals surface area (Å²) in [5, 5.41) is 12.7. The lowest BCUT2D eigenvalue weighted by atomic mass is 10.1. The highest BCUT2D eigenvalue weighted by Crippen LogP contribution is 2.13. The third kappa shape index (κ3) is 4.26. The molecule has 0 radical (unpaired) electrons. The second-order valence-electron chi connectivity index (χ2n) is 5.37. The van der Waals surface area contributed by atoms with Crippen molar-refractivity contribution in [3.63, 3.8) is 0 Å². The van der Waals surface area contributed by atoms with Crippen LogP contribution in [-0.4, -0.2) is 58.6 Å². The summed E-state index contributed by atoms with van der Waals surface area (Å²) in [7, 11) is 1.95. The predicted molar refractivity (Wildman–Crippen MR) is 79.6 cm³/mol. The van der Waals surface area contributed by atoms with Crippen LogP contribution in [-0.2, 0) is 17.8 Å². The van der Waals surface area contributed by atoms with Gasteiger partial charge in [-0.3, -0.25) is 9.69 Å². The van der Waals surface area contributed by atoms with E-state index in [0.29, 0.717) is 39.0 Å². The molecule has 1 fully saturated rings. The second kappa shape index (κ2) is 7.15. The Labute approximate surface area is 124 Å². The van der Waals surface area contributed by atoms with Crippen LogP contribution >= 0.6 is 11.3 Å². The SMILES string of the molecule is CCc1nc(CN(C)CC(=O)N2CCC(O)CC2)cs1. The van der Waals surface area contributed by atoms with Gasteiger partial charge in [0.15, 0.2) is 0 Å². The molecule has 0 unspecified atom stereocenters. The van der Waals surface area contributed by atoms with Crippen molar-refractivity contribution in [3.05, 3.63) is 16.1 Å². The molecule has 1 aromatic heterocycles. The standard InChI is InChI=1S/C14H23N3O2S/c1-3-13-15-11(10-20-13)8-16(2)9-14(19)17-6-4-12(18)5-7-17/h10,12,18H,3-9H2,1-2H3. The van der Waals surface area contributed by atoms with Crippen molar-refractivity contribution in [3.8, 4) is 0 Å². The summed E-state index contributed by atoms with van der Waals surface area (Å²) in [4.78, 5) is 20.5. The Morgan fingerprint density at radius 3 is 2.85 bits per heavy atom. The second-order valence-corrected chi connectivity index (χ2v) is 6.31. The number of carbonyl (C=O) groups excluding carboxylic acids is 1. The van der Waals surface area contributed by atoms with Crippen LogP contribution in [0.1, 0.15) is 30.5 Å². The Bertz CT molecular complexity index is 441.